The van der Waals surface area contributed by atoms with Gasteiger partial charge in [-0.3, -0.25) is 4.79 Å². The average molecular weight is 452 g/mol. The molecular weight excluding hydrogens is 421 g/mol. The van der Waals surface area contributed by atoms with E-state index in [0.29, 0.717) is 10.6 Å². The van der Waals surface area contributed by atoms with Crippen molar-refractivity contribution in [3.63, 3.8) is 0 Å². The molecule has 0 bridgehead atoms. The van der Waals surface area contributed by atoms with Crippen LogP contribution in [0.5, 0.6) is 11.5 Å². The SMILES string of the molecule is CCCCCCCCc1cccc(OCCC(=O)Nc2cc(Cl)c(C)c(Cl)c2O)c1. The maximum Gasteiger partial charge on any atom is 0.227 e. The molecule has 2 N–H and O–H groups in total. The fourth-order valence-corrected chi connectivity index (χ4v) is 3.63. The number of anilines is 1. The van der Waals surface area contributed by atoms with Crippen LogP contribution in [0, 0.1) is 6.92 Å². The first-order chi connectivity index (χ1) is 14.4. The third kappa shape index (κ3) is 7.73. The largest absolute Gasteiger partial charge is 0.504 e. The van der Waals surface area contributed by atoms with Gasteiger partial charge in [-0.05, 0) is 49.1 Å². The summed E-state index contributed by atoms with van der Waals surface area (Å²) in [7, 11) is 0. The van der Waals surface area contributed by atoms with Crippen molar-refractivity contribution < 1.29 is 14.6 Å². The van der Waals surface area contributed by atoms with E-state index >= 15 is 0 Å². The van der Waals surface area contributed by atoms with Gasteiger partial charge in [-0.25, -0.2) is 0 Å². The Balaban J connectivity index is 1.77. The number of hydrogen-bond donors (Lipinski definition) is 2. The van der Waals surface area contributed by atoms with E-state index in [-0.39, 0.29) is 35.4 Å². The number of aryl methyl sites for hydroxylation is 1. The number of amides is 1. The molecule has 0 radical (unpaired) electrons. The summed E-state index contributed by atoms with van der Waals surface area (Å²) in [6.07, 6.45) is 8.83. The minimum Gasteiger partial charge on any atom is -0.504 e. The second-order valence-corrected chi connectivity index (χ2v) is 8.29. The summed E-state index contributed by atoms with van der Waals surface area (Å²) < 4.78 is 5.74. The highest BCUT2D eigenvalue weighted by Gasteiger charge is 2.14. The quantitative estimate of drug-likeness (QED) is 0.262. The van der Waals surface area contributed by atoms with Gasteiger partial charge < -0.3 is 15.2 Å². The number of phenols is 1. The molecule has 0 aliphatic rings. The molecule has 0 aromatic heterocycles. The summed E-state index contributed by atoms with van der Waals surface area (Å²) in [6, 6.07) is 9.52. The lowest BCUT2D eigenvalue weighted by molar-refractivity contribution is -0.116. The molecule has 4 nitrogen and oxygen atoms in total. The molecule has 2 rings (SSSR count). The Kier molecular flexibility index (Phi) is 10.3. The van der Waals surface area contributed by atoms with Crippen molar-refractivity contribution in [2.75, 3.05) is 11.9 Å². The molecule has 0 spiro atoms. The lowest BCUT2D eigenvalue weighted by Gasteiger charge is -2.12. The Morgan fingerprint density at radius 2 is 1.83 bits per heavy atom. The number of carbonyl (C=O) groups is 1. The number of benzene rings is 2. The third-order valence-electron chi connectivity index (χ3n) is 5.01. The van der Waals surface area contributed by atoms with Crippen molar-refractivity contribution in [1.29, 1.82) is 0 Å². The van der Waals surface area contributed by atoms with Crippen LogP contribution in [0.25, 0.3) is 0 Å². The number of rotatable bonds is 12. The standard InChI is InChI=1S/C24H31Cl2NO3/c1-3-4-5-6-7-8-10-18-11-9-12-19(15-18)30-14-13-22(28)27-21-16-20(25)17(2)23(26)24(21)29/h9,11-12,15-16,29H,3-8,10,13-14H2,1-2H3,(H,27,28). The van der Waals surface area contributed by atoms with Gasteiger partial charge in [-0.15, -0.1) is 0 Å². The van der Waals surface area contributed by atoms with Crippen LogP contribution in [-0.4, -0.2) is 17.6 Å². The molecule has 2 aromatic carbocycles. The van der Waals surface area contributed by atoms with Crippen LogP contribution in [0.1, 0.15) is 63.0 Å². The summed E-state index contributed by atoms with van der Waals surface area (Å²) >= 11 is 12.1. The molecule has 0 unspecified atom stereocenters. The van der Waals surface area contributed by atoms with Crippen LogP contribution in [0.3, 0.4) is 0 Å². The van der Waals surface area contributed by atoms with Crippen molar-refractivity contribution in [3.8, 4) is 11.5 Å². The number of aromatic hydroxyl groups is 1. The topological polar surface area (TPSA) is 58.6 Å². The first-order valence-electron chi connectivity index (χ1n) is 10.6. The summed E-state index contributed by atoms with van der Waals surface area (Å²) in [5.41, 5.74) is 2.01. The van der Waals surface area contributed by atoms with Crippen LogP contribution in [0.2, 0.25) is 10.0 Å². The van der Waals surface area contributed by atoms with Crippen LogP contribution in [-0.2, 0) is 11.2 Å². The molecule has 30 heavy (non-hydrogen) atoms. The molecule has 0 atom stereocenters. The number of hydrogen-bond acceptors (Lipinski definition) is 3. The second kappa shape index (κ2) is 12.7. The zero-order chi connectivity index (χ0) is 21.9. The van der Waals surface area contributed by atoms with Crippen molar-refractivity contribution in [2.24, 2.45) is 0 Å². The molecule has 6 heteroatoms. The van der Waals surface area contributed by atoms with E-state index in [0.717, 1.165) is 12.2 Å². The number of nitrogens with one attached hydrogen (secondary N) is 1. The Bertz CT molecular complexity index is 839. The minimum absolute atomic E-state index is 0.135. The molecule has 0 saturated carbocycles. The number of carbonyl (C=O) groups excluding carboxylic acids is 1. The fourth-order valence-electron chi connectivity index (χ4n) is 3.17. The molecule has 0 heterocycles. The van der Waals surface area contributed by atoms with Crippen LogP contribution >= 0.6 is 23.2 Å². The lowest BCUT2D eigenvalue weighted by atomic mass is 10.0. The fraction of sp³-hybridized carbons (Fsp3) is 0.458. The van der Waals surface area contributed by atoms with Crippen molar-refractivity contribution in [3.05, 3.63) is 51.5 Å². The van der Waals surface area contributed by atoms with E-state index in [1.54, 1.807) is 6.92 Å². The molecule has 0 fully saturated rings. The van der Waals surface area contributed by atoms with Crippen molar-refractivity contribution >= 4 is 34.8 Å². The Morgan fingerprint density at radius 3 is 2.60 bits per heavy atom. The number of halogens is 2. The summed E-state index contributed by atoms with van der Waals surface area (Å²) in [5.74, 6) is 0.287. The maximum absolute atomic E-state index is 12.2. The average Bonchev–Trinajstić information content (AvgIpc) is 2.73. The minimum atomic E-state index is -0.287. The maximum atomic E-state index is 12.2. The van der Waals surface area contributed by atoms with Crippen molar-refractivity contribution in [2.45, 2.75) is 65.2 Å². The monoisotopic (exact) mass is 451 g/mol. The Morgan fingerprint density at radius 1 is 1.10 bits per heavy atom. The molecular formula is C24H31Cl2NO3. The Hall–Kier alpha value is -1.91. The summed E-state index contributed by atoms with van der Waals surface area (Å²) in [5, 5.41) is 13.2. The predicted octanol–water partition coefficient (Wildman–Crippen LogP) is 7.32. The highest BCUT2D eigenvalue weighted by molar-refractivity contribution is 6.37. The van der Waals surface area contributed by atoms with E-state index in [1.807, 2.05) is 18.2 Å². The molecule has 1 amide bonds. The first kappa shape index (κ1) is 24.4. The van der Waals surface area contributed by atoms with E-state index in [1.165, 1.54) is 50.2 Å². The van der Waals surface area contributed by atoms with Gasteiger partial charge >= 0.3 is 0 Å². The second-order valence-electron chi connectivity index (χ2n) is 7.51. The van der Waals surface area contributed by atoms with E-state index in [2.05, 4.69) is 18.3 Å². The smallest absolute Gasteiger partial charge is 0.227 e. The molecule has 0 saturated heterocycles. The third-order valence-corrected chi connectivity index (χ3v) is 5.87. The Labute approximate surface area is 189 Å². The van der Waals surface area contributed by atoms with E-state index in [9.17, 15) is 9.90 Å². The number of ether oxygens (including phenoxy) is 1. The normalized spacial score (nSPS) is 10.8. The molecule has 164 valence electrons. The lowest BCUT2D eigenvalue weighted by Crippen LogP contribution is -2.15. The number of unbranched alkanes of at least 4 members (excludes halogenated alkanes) is 5. The van der Waals surface area contributed by atoms with Gasteiger partial charge in [0.25, 0.3) is 0 Å². The van der Waals surface area contributed by atoms with Gasteiger partial charge in [-0.2, -0.15) is 0 Å². The van der Waals surface area contributed by atoms with E-state index < -0.39 is 0 Å². The van der Waals surface area contributed by atoms with Crippen LogP contribution in [0.15, 0.2) is 30.3 Å². The molecule has 0 aliphatic carbocycles. The molecule has 0 aliphatic heterocycles. The predicted molar refractivity (Wildman–Crippen MR) is 125 cm³/mol. The number of phenolic OH excluding ortho intramolecular Hbond substituents is 1. The van der Waals surface area contributed by atoms with Gasteiger partial charge in [0.2, 0.25) is 5.91 Å². The molecule has 2 aromatic rings. The van der Waals surface area contributed by atoms with Gasteiger partial charge in [0, 0.05) is 5.02 Å². The highest BCUT2D eigenvalue weighted by atomic mass is 35.5. The first-order valence-corrected chi connectivity index (χ1v) is 11.4. The zero-order valence-corrected chi connectivity index (χ0v) is 19.3. The van der Waals surface area contributed by atoms with Gasteiger partial charge in [-0.1, -0.05) is 74.4 Å². The van der Waals surface area contributed by atoms with Gasteiger partial charge in [0.1, 0.15) is 5.75 Å². The van der Waals surface area contributed by atoms with Crippen molar-refractivity contribution in [1.82, 2.24) is 0 Å². The highest BCUT2D eigenvalue weighted by Crippen LogP contribution is 2.38. The van der Waals surface area contributed by atoms with Gasteiger partial charge in [0.15, 0.2) is 5.75 Å². The van der Waals surface area contributed by atoms with Gasteiger partial charge in [0.05, 0.1) is 23.7 Å². The van der Waals surface area contributed by atoms with E-state index in [4.69, 9.17) is 27.9 Å². The summed E-state index contributed by atoms with van der Waals surface area (Å²) in [6.45, 7) is 4.16. The van der Waals surface area contributed by atoms with Crippen LogP contribution < -0.4 is 10.1 Å². The summed E-state index contributed by atoms with van der Waals surface area (Å²) in [4.78, 5) is 12.2. The zero-order valence-electron chi connectivity index (χ0n) is 17.8. The van der Waals surface area contributed by atoms with Crippen LogP contribution in [0.4, 0.5) is 5.69 Å².